The van der Waals surface area contributed by atoms with Crippen LogP contribution in [0.3, 0.4) is 0 Å². The fourth-order valence-corrected chi connectivity index (χ4v) is 6.06. The number of hydrogen-bond donors (Lipinski definition) is 3. The molecule has 208 valence electrons. The van der Waals surface area contributed by atoms with Crippen LogP contribution < -0.4 is 10.6 Å². The molecule has 3 aromatic carbocycles. The second-order valence-electron chi connectivity index (χ2n) is 10.9. The lowest BCUT2D eigenvalue weighted by Crippen LogP contribution is -2.51. The summed E-state index contributed by atoms with van der Waals surface area (Å²) in [4.78, 5) is 24.7. The molecule has 1 amide bonds. The van der Waals surface area contributed by atoms with Crippen LogP contribution >= 0.6 is 11.8 Å². The zero-order valence-electron chi connectivity index (χ0n) is 23.4. The van der Waals surface area contributed by atoms with Gasteiger partial charge in [0.1, 0.15) is 11.6 Å². The molecule has 0 aliphatic rings. The van der Waals surface area contributed by atoms with Crippen molar-refractivity contribution in [2.75, 3.05) is 12.3 Å². The molecule has 3 rings (SSSR count). The Morgan fingerprint density at radius 1 is 0.821 bits per heavy atom. The molecule has 2 unspecified atom stereocenters. The fraction of sp³-hybridized carbons (Fsp3) is 0.375. The third-order valence-corrected chi connectivity index (χ3v) is 7.99. The highest BCUT2D eigenvalue weighted by atomic mass is 32.2. The van der Waals surface area contributed by atoms with Crippen LogP contribution in [0.25, 0.3) is 0 Å². The van der Waals surface area contributed by atoms with E-state index in [1.54, 1.807) is 11.8 Å². The highest BCUT2D eigenvalue weighted by Crippen LogP contribution is 2.48. The van der Waals surface area contributed by atoms with Gasteiger partial charge in [-0.15, -0.1) is 11.8 Å². The molecule has 7 heteroatoms. The van der Waals surface area contributed by atoms with E-state index in [2.05, 4.69) is 47.0 Å². The highest BCUT2D eigenvalue weighted by molar-refractivity contribution is 8.00. The van der Waals surface area contributed by atoms with Gasteiger partial charge in [0, 0.05) is 12.3 Å². The molecule has 2 atom stereocenters. The summed E-state index contributed by atoms with van der Waals surface area (Å²) in [5.41, 5.74) is 2.68. The van der Waals surface area contributed by atoms with Gasteiger partial charge in [-0.25, -0.2) is 4.79 Å². The van der Waals surface area contributed by atoms with Crippen LogP contribution in [0.4, 0.5) is 4.79 Å². The first-order chi connectivity index (χ1) is 18.5. The first-order valence-corrected chi connectivity index (χ1v) is 14.3. The third-order valence-electron chi connectivity index (χ3n) is 6.28. The lowest BCUT2D eigenvalue weighted by molar-refractivity contribution is -0.140. The summed E-state index contributed by atoms with van der Waals surface area (Å²) in [6, 6.07) is 29.8. The molecule has 3 aromatic rings. The number of benzene rings is 3. The molecule has 0 aliphatic carbocycles. The number of carbonyl (C=O) groups is 2. The molecule has 3 N–H and O–H groups in total. The van der Waals surface area contributed by atoms with Crippen LogP contribution in [-0.2, 0) is 14.3 Å². The standard InChI is InChI=1S/C32H40N2O4S/c1-23(2)28(29(35)36)33-21-27(34-30(37)38-31(3,4)5)22-39-32(24-15-9-6-10-16-24,25-17-11-7-12-18-25)26-19-13-8-14-20-26/h6-20,23,27-28,33H,21-22H2,1-5H3,(H,34,37)(H,35,36). The summed E-state index contributed by atoms with van der Waals surface area (Å²) < 4.78 is 4.98. The predicted molar refractivity (Wildman–Crippen MR) is 159 cm³/mol. The van der Waals surface area contributed by atoms with Gasteiger partial charge < -0.3 is 20.5 Å². The summed E-state index contributed by atoms with van der Waals surface area (Å²) in [5.74, 6) is -0.537. The van der Waals surface area contributed by atoms with Crippen molar-refractivity contribution in [2.24, 2.45) is 5.92 Å². The quantitative estimate of drug-likeness (QED) is 0.230. The summed E-state index contributed by atoms with van der Waals surface area (Å²) in [6.45, 7) is 9.46. The Hall–Kier alpha value is -3.29. The Bertz CT molecular complexity index is 1080. The van der Waals surface area contributed by atoms with E-state index in [0.29, 0.717) is 5.75 Å². The number of rotatable bonds is 12. The first-order valence-electron chi connectivity index (χ1n) is 13.3. The van der Waals surface area contributed by atoms with Crippen LogP contribution in [0.15, 0.2) is 91.0 Å². The molecule has 0 spiro atoms. The van der Waals surface area contributed by atoms with Crippen LogP contribution in [0.5, 0.6) is 0 Å². The van der Waals surface area contributed by atoms with E-state index in [4.69, 9.17) is 4.74 Å². The summed E-state index contributed by atoms with van der Waals surface area (Å²) >= 11 is 1.71. The van der Waals surface area contributed by atoms with E-state index in [0.717, 1.165) is 16.7 Å². The molecule has 0 fully saturated rings. The lowest BCUT2D eigenvalue weighted by atomic mass is 9.84. The largest absolute Gasteiger partial charge is 0.480 e. The first kappa shape index (κ1) is 30.3. The molecule has 6 nitrogen and oxygen atoms in total. The van der Waals surface area contributed by atoms with Crippen LogP contribution in [0.2, 0.25) is 0 Å². The van der Waals surface area contributed by atoms with Gasteiger partial charge in [-0.1, -0.05) is 105 Å². The molecule has 39 heavy (non-hydrogen) atoms. The number of carboxylic acid groups (broad SMARTS) is 1. The Kier molecular flexibility index (Phi) is 10.6. The lowest BCUT2D eigenvalue weighted by Gasteiger charge is -2.37. The van der Waals surface area contributed by atoms with Gasteiger partial charge in [0.25, 0.3) is 0 Å². The molecule has 0 bridgehead atoms. The molecular weight excluding hydrogens is 508 g/mol. The van der Waals surface area contributed by atoms with Gasteiger partial charge in [0.2, 0.25) is 0 Å². The molecule has 0 heterocycles. The number of alkyl carbamates (subject to hydrolysis) is 1. The van der Waals surface area contributed by atoms with E-state index >= 15 is 0 Å². The van der Waals surface area contributed by atoms with E-state index < -0.39 is 34.5 Å². The average Bonchev–Trinajstić information content (AvgIpc) is 2.89. The van der Waals surface area contributed by atoms with Gasteiger partial charge in [-0.3, -0.25) is 4.79 Å². The minimum atomic E-state index is -0.916. The number of nitrogens with one attached hydrogen (secondary N) is 2. The molecule has 0 radical (unpaired) electrons. The van der Waals surface area contributed by atoms with Crippen molar-refractivity contribution in [3.8, 4) is 0 Å². The van der Waals surface area contributed by atoms with Crippen molar-refractivity contribution in [3.63, 3.8) is 0 Å². The van der Waals surface area contributed by atoms with Crippen molar-refractivity contribution in [1.29, 1.82) is 0 Å². The third kappa shape index (κ3) is 8.35. The monoisotopic (exact) mass is 548 g/mol. The number of hydrogen-bond acceptors (Lipinski definition) is 5. The highest BCUT2D eigenvalue weighted by Gasteiger charge is 2.38. The van der Waals surface area contributed by atoms with Gasteiger partial charge >= 0.3 is 12.1 Å². The van der Waals surface area contributed by atoms with Crippen molar-refractivity contribution in [2.45, 2.75) is 57.1 Å². The minimum Gasteiger partial charge on any atom is -0.480 e. The average molecular weight is 549 g/mol. The van der Waals surface area contributed by atoms with Gasteiger partial charge in [-0.2, -0.15) is 0 Å². The smallest absolute Gasteiger partial charge is 0.407 e. The van der Waals surface area contributed by atoms with E-state index in [1.807, 2.05) is 89.2 Å². The van der Waals surface area contributed by atoms with Crippen LogP contribution in [-0.4, -0.2) is 47.2 Å². The van der Waals surface area contributed by atoms with Crippen molar-refractivity contribution in [3.05, 3.63) is 108 Å². The second kappa shape index (κ2) is 13.7. The number of thioether (sulfide) groups is 1. The second-order valence-corrected chi connectivity index (χ2v) is 12.1. The molecule has 0 saturated carbocycles. The van der Waals surface area contributed by atoms with E-state index in [1.165, 1.54) is 0 Å². The summed E-state index contributed by atoms with van der Waals surface area (Å²) in [6.07, 6.45) is -0.531. The number of ether oxygens (including phenoxy) is 1. The van der Waals surface area contributed by atoms with Gasteiger partial charge in [0.15, 0.2) is 0 Å². The van der Waals surface area contributed by atoms with Crippen LogP contribution in [0.1, 0.15) is 51.3 Å². The maximum Gasteiger partial charge on any atom is 0.407 e. The Morgan fingerprint density at radius 3 is 1.62 bits per heavy atom. The number of carboxylic acids is 1. The summed E-state index contributed by atoms with van der Waals surface area (Å²) in [5, 5.41) is 15.9. The normalized spacial score (nSPS) is 13.5. The van der Waals surface area contributed by atoms with E-state index in [-0.39, 0.29) is 12.5 Å². The SMILES string of the molecule is CC(C)C(NCC(CSC(c1ccccc1)(c1ccccc1)c1ccccc1)NC(=O)OC(C)(C)C)C(=O)O. The van der Waals surface area contributed by atoms with Gasteiger partial charge in [0.05, 0.1) is 10.8 Å². The number of amides is 1. The minimum absolute atomic E-state index is 0.116. The van der Waals surface area contributed by atoms with Gasteiger partial charge in [-0.05, 0) is 43.4 Å². The maximum atomic E-state index is 12.8. The summed E-state index contributed by atoms with van der Waals surface area (Å²) in [7, 11) is 0. The van der Waals surface area contributed by atoms with Crippen LogP contribution in [0, 0.1) is 5.92 Å². The molecular formula is C32H40N2O4S. The van der Waals surface area contributed by atoms with E-state index in [9.17, 15) is 14.7 Å². The zero-order valence-corrected chi connectivity index (χ0v) is 24.2. The maximum absolute atomic E-state index is 12.8. The zero-order chi connectivity index (χ0) is 28.5. The fourth-order valence-electron chi connectivity index (χ4n) is 4.50. The Balaban J connectivity index is 2.01. The molecule has 0 aliphatic heterocycles. The van der Waals surface area contributed by atoms with Crippen molar-refractivity contribution in [1.82, 2.24) is 10.6 Å². The predicted octanol–water partition coefficient (Wildman–Crippen LogP) is 6.30. The topological polar surface area (TPSA) is 87.7 Å². The number of carbonyl (C=O) groups excluding carboxylic acids is 1. The molecule has 0 aromatic heterocycles. The molecule has 0 saturated heterocycles. The Labute approximate surface area is 236 Å². The number of aliphatic carboxylic acids is 1. The Morgan fingerprint density at radius 2 is 1.26 bits per heavy atom. The van der Waals surface area contributed by atoms with Crippen molar-refractivity contribution < 1.29 is 19.4 Å². The van der Waals surface area contributed by atoms with Crippen molar-refractivity contribution >= 4 is 23.8 Å².